The van der Waals surface area contributed by atoms with E-state index in [1.807, 2.05) is 29.2 Å². The Morgan fingerprint density at radius 1 is 1.11 bits per heavy atom. The van der Waals surface area contributed by atoms with Crippen molar-refractivity contribution in [3.05, 3.63) is 52.6 Å². The summed E-state index contributed by atoms with van der Waals surface area (Å²) < 4.78 is 60.4. The minimum Gasteiger partial charge on any atom is -0.456 e. The van der Waals surface area contributed by atoms with E-state index in [1.54, 1.807) is 7.05 Å². The Bertz CT molecular complexity index is 746. The van der Waals surface area contributed by atoms with Gasteiger partial charge in [0.1, 0.15) is 19.7 Å². The van der Waals surface area contributed by atoms with Crippen LogP contribution in [0.5, 0.6) is 0 Å². The van der Waals surface area contributed by atoms with Crippen LogP contribution in [-0.2, 0) is 16.1 Å². The predicted molar refractivity (Wildman–Crippen MR) is 100 cm³/mol. The summed E-state index contributed by atoms with van der Waals surface area (Å²) in [7, 11) is 3.66. The number of likely N-dealkylation sites (N-methyl/N-ethyl adjacent to an activating group) is 1. The first-order valence-corrected chi connectivity index (χ1v) is 8.87. The molecular weight excluding hydrogens is 381 g/mol. The summed E-state index contributed by atoms with van der Waals surface area (Å²) in [6.45, 7) is 9.31. The van der Waals surface area contributed by atoms with E-state index >= 15 is 0 Å². The molecular formula is C19H25F4NO2P+. The molecule has 0 aliphatic heterocycles. The number of rotatable bonds is 8. The fourth-order valence-electron chi connectivity index (χ4n) is 2.35. The summed E-state index contributed by atoms with van der Waals surface area (Å²) in [5.74, 6) is -7.08. The monoisotopic (exact) mass is 406 g/mol. The number of carbonyl (C=O) groups excluding carboxylic acids is 1. The fourth-order valence-corrected chi connectivity index (χ4v) is 2.69. The number of halogens is 4. The van der Waals surface area contributed by atoms with Crippen LogP contribution in [0.4, 0.5) is 17.6 Å². The maximum absolute atomic E-state index is 14.3. The quantitative estimate of drug-likeness (QED) is 0.0960. The number of hydrogen-bond donors (Lipinski definition) is 0. The van der Waals surface area contributed by atoms with E-state index in [4.69, 9.17) is 4.74 Å². The number of nitrogens with zero attached hydrogens (tertiary/aromatic N) is 1. The van der Waals surface area contributed by atoms with Crippen molar-refractivity contribution in [1.29, 1.82) is 0 Å². The average Bonchev–Trinajstić information content (AvgIpc) is 2.60. The molecule has 150 valence electrons. The van der Waals surface area contributed by atoms with Gasteiger partial charge in [-0.15, -0.1) is 9.24 Å². The molecule has 3 nitrogen and oxygen atoms in total. The van der Waals surface area contributed by atoms with E-state index in [0.29, 0.717) is 6.54 Å². The highest BCUT2D eigenvalue weighted by atomic mass is 31.0. The topological polar surface area (TPSA) is 26.3 Å². The van der Waals surface area contributed by atoms with Crippen molar-refractivity contribution in [2.24, 2.45) is 0 Å². The van der Waals surface area contributed by atoms with Crippen molar-refractivity contribution >= 4 is 20.5 Å². The molecule has 0 heterocycles. The van der Waals surface area contributed by atoms with E-state index in [2.05, 4.69) is 6.58 Å². The van der Waals surface area contributed by atoms with Crippen LogP contribution in [-0.4, -0.2) is 37.2 Å². The number of esters is 1. The average molecular weight is 406 g/mol. The lowest BCUT2D eigenvalue weighted by atomic mass is 10.1. The van der Waals surface area contributed by atoms with Gasteiger partial charge in [0.25, 0.3) is 0 Å². The van der Waals surface area contributed by atoms with E-state index in [0.717, 1.165) is 5.57 Å². The molecule has 0 spiro atoms. The Morgan fingerprint density at radius 3 is 2.19 bits per heavy atom. The van der Waals surface area contributed by atoms with Gasteiger partial charge in [0.2, 0.25) is 0 Å². The normalized spacial score (nSPS) is 13.1. The van der Waals surface area contributed by atoms with Crippen LogP contribution >= 0.6 is 9.24 Å². The van der Waals surface area contributed by atoms with Gasteiger partial charge >= 0.3 is 5.97 Å². The summed E-state index contributed by atoms with van der Waals surface area (Å²) in [4.78, 5) is 11.5. The van der Waals surface area contributed by atoms with Crippen LogP contribution in [0, 0.1) is 23.3 Å². The lowest BCUT2D eigenvalue weighted by Gasteiger charge is -2.34. The van der Waals surface area contributed by atoms with Gasteiger partial charge in [-0.1, -0.05) is 12.2 Å². The number of hydrogen-bond acceptors (Lipinski definition) is 2. The Labute approximate surface area is 159 Å². The highest BCUT2D eigenvalue weighted by Crippen LogP contribution is 2.23. The third kappa shape index (κ3) is 6.15. The highest BCUT2D eigenvalue weighted by Gasteiger charge is 2.30. The summed E-state index contributed by atoms with van der Waals surface area (Å²) >= 11 is 0. The maximum Gasteiger partial charge on any atom is 0.333 e. The van der Waals surface area contributed by atoms with Gasteiger partial charge < -0.3 is 9.22 Å². The second-order valence-corrected chi connectivity index (χ2v) is 7.61. The molecule has 0 saturated carbocycles. The molecule has 0 aliphatic carbocycles. The number of benzene rings is 1. The molecule has 8 heteroatoms. The van der Waals surface area contributed by atoms with Crippen LogP contribution in [0.1, 0.15) is 26.3 Å². The van der Waals surface area contributed by atoms with Crippen LogP contribution in [0.25, 0.3) is 0 Å². The maximum atomic E-state index is 14.3. The summed E-state index contributed by atoms with van der Waals surface area (Å²) in [6.07, 6.45) is 1.89. The first kappa shape index (κ1) is 23.3. The Balaban J connectivity index is 3.17. The van der Waals surface area contributed by atoms with Gasteiger partial charge in [0.15, 0.2) is 23.3 Å². The second-order valence-electron chi connectivity index (χ2n) is 7.03. The molecule has 0 N–H and O–H groups in total. The van der Waals surface area contributed by atoms with Gasteiger partial charge in [-0.25, -0.2) is 22.4 Å². The second kappa shape index (κ2) is 9.47. The summed E-state index contributed by atoms with van der Waals surface area (Å²) in [5, 5.41) is -0.355. The van der Waals surface area contributed by atoms with Gasteiger partial charge in [-0.05, 0) is 26.8 Å². The van der Waals surface area contributed by atoms with Gasteiger partial charge in [0, 0.05) is 10.9 Å². The van der Waals surface area contributed by atoms with Gasteiger partial charge in [-0.3, -0.25) is 0 Å². The minimum atomic E-state index is -1.84. The Hall–Kier alpha value is -1.72. The lowest BCUT2D eigenvalue weighted by Crippen LogP contribution is -2.47. The van der Waals surface area contributed by atoms with Crippen molar-refractivity contribution in [1.82, 2.24) is 0 Å². The van der Waals surface area contributed by atoms with Crippen LogP contribution in [0.2, 0.25) is 0 Å². The van der Waals surface area contributed by atoms with Crippen molar-refractivity contribution in [3.8, 4) is 0 Å². The zero-order chi connectivity index (χ0) is 20.9. The largest absolute Gasteiger partial charge is 0.456 e. The number of carbonyl (C=O) groups is 1. The Kier molecular flexibility index (Phi) is 8.18. The zero-order valence-corrected chi connectivity index (χ0v) is 17.1. The smallest absolute Gasteiger partial charge is 0.333 e. The highest BCUT2D eigenvalue weighted by molar-refractivity contribution is 7.27. The molecule has 0 aliphatic rings. The molecule has 2 unspecified atom stereocenters. The van der Waals surface area contributed by atoms with Crippen molar-refractivity contribution in [2.45, 2.75) is 27.3 Å². The number of ether oxygens (including phenoxy) is 1. The van der Waals surface area contributed by atoms with Gasteiger partial charge in [0.05, 0.1) is 19.2 Å². The van der Waals surface area contributed by atoms with Crippen molar-refractivity contribution in [3.63, 3.8) is 0 Å². The first-order chi connectivity index (χ1) is 12.4. The minimum absolute atomic E-state index is 0.0127. The summed E-state index contributed by atoms with van der Waals surface area (Å²) in [6, 6.07) is 0. The molecule has 0 fully saturated rings. The SMILES string of the molecule is C=C(C)C(=O)OCC[N+](C)(CC=C(C)C)Cc1c(F)c(F)c(F)c(F)c1P. The van der Waals surface area contributed by atoms with E-state index < -0.39 is 29.2 Å². The Morgan fingerprint density at radius 2 is 1.67 bits per heavy atom. The molecule has 1 aromatic rings. The lowest BCUT2D eigenvalue weighted by molar-refractivity contribution is -0.917. The van der Waals surface area contributed by atoms with Gasteiger partial charge in [-0.2, -0.15) is 0 Å². The molecule has 27 heavy (non-hydrogen) atoms. The molecule has 0 saturated heterocycles. The van der Waals surface area contributed by atoms with Crippen molar-refractivity contribution in [2.75, 3.05) is 26.7 Å². The molecule has 2 atom stereocenters. The summed E-state index contributed by atoms with van der Waals surface area (Å²) in [5.41, 5.74) is 0.975. The standard InChI is InChI=1S/C19H25F4NO2P/c1-11(2)6-7-24(5,8-9-26-19(25)12(3)4)10-13-14(20)15(21)16(22)17(23)18(13)27/h6H,3,7-10,27H2,1-2,4-5H3/q+1. The fraction of sp³-hybridized carbons (Fsp3) is 0.421. The third-order valence-electron chi connectivity index (χ3n) is 4.10. The van der Waals surface area contributed by atoms with E-state index in [9.17, 15) is 22.4 Å². The molecule has 0 amide bonds. The molecule has 0 aromatic heterocycles. The van der Waals surface area contributed by atoms with Crippen LogP contribution in [0.3, 0.4) is 0 Å². The molecule has 1 rings (SSSR count). The molecule has 0 bridgehead atoms. The zero-order valence-electron chi connectivity index (χ0n) is 16.0. The third-order valence-corrected chi connectivity index (χ3v) is 4.70. The number of allylic oxidation sites excluding steroid dienone is 1. The first-order valence-electron chi connectivity index (χ1n) is 8.29. The predicted octanol–water partition coefficient (Wildman–Crippen LogP) is 3.78. The molecule has 0 radical (unpaired) electrons. The van der Waals surface area contributed by atoms with Crippen LogP contribution < -0.4 is 5.30 Å². The van der Waals surface area contributed by atoms with E-state index in [-0.39, 0.29) is 40.6 Å². The molecule has 1 aromatic carbocycles. The van der Waals surface area contributed by atoms with E-state index in [1.165, 1.54) is 6.92 Å². The number of quaternary nitrogens is 1. The van der Waals surface area contributed by atoms with Crippen LogP contribution in [0.15, 0.2) is 23.8 Å². The van der Waals surface area contributed by atoms with Crippen molar-refractivity contribution < 1.29 is 31.6 Å².